The van der Waals surface area contributed by atoms with Gasteiger partial charge in [0, 0.05) is 6.42 Å². The average Bonchev–Trinajstić information content (AvgIpc) is 0.801. The lowest BCUT2D eigenvalue weighted by Crippen LogP contribution is -2.65. The number of carbonyl (C=O) groups is 1. The van der Waals surface area contributed by atoms with Crippen molar-refractivity contribution in [2.24, 2.45) is 0 Å². The molecule has 2 heterocycles. The van der Waals surface area contributed by atoms with E-state index in [4.69, 9.17) is 18.9 Å². The number of aliphatic hydroxyl groups excluding tert-OH is 8. The number of rotatable bonds is 70. The molecule has 0 aromatic carbocycles. The van der Waals surface area contributed by atoms with E-state index >= 15 is 0 Å². The van der Waals surface area contributed by atoms with E-state index in [-0.39, 0.29) is 18.9 Å². The summed E-state index contributed by atoms with van der Waals surface area (Å²) in [5.74, 6) is -0.240. The van der Waals surface area contributed by atoms with Crippen LogP contribution >= 0.6 is 0 Å². The highest BCUT2D eigenvalue weighted by Crippen LogP contribution is 2.30. The maximum atomic E-state index is 13.4. The number of ether oxygens (including phenoxy) is 4. The zero-order chi connectivity index (χ0) is 68.7. The Labute approximate surface area is 583 Å². The minimum Gasteiger partial charge on any atom is -0.394 e. The minimum atomic E-state index is -1.79. The van der Waals surface area contributed by atoms with Crippen LogP contribution in [0.1, 0.15) is 393 Å². The molecular weight excluding hydrogens is 1190 g/mol. The van der Waals surface area contributed by atoms with Crippen molar-refractivity contribution in [1.82, 2.24) is 5.32 Å². The van der Waals surface area contributed by atoms with E-state index in [2.05, 4.69) is 31.3 Å². The first-order valence-corrected chi connectivity index (χ1v) is 41.1. The molecule has 9 N–H and O–H groups in total. The van der Waals surface area contributed by atoms with E-state index in [0.717, 1.165) is 32.1 Å². The number of aliphatic hydroxyl groups is 8. The molecule has 2 saturated heterocycles. The monoisotopic (exact) mass is 1350 g/mol. The van der Waals surface area contributed by atoms with Gasteiger partial charge in [-0.05, 0) is 32.1 Å². The molecule has 12 unspecified atom stereocenters. The van der Waals surface area contributed by atoms with Crippen molar-refractivity contribution < 1.29 is 64.6 Å². The summed E-state index contributed by atoms with van der Waals surface area (Å²) in [6.07, 6.45) is 68.7. The summed E-state index contributed by atoms with van der Waals surface area (Å²) in [4.78, 5) is 13.4. The molecule has 2 aliphatic rings. The maximum absolute atomic E-state index is 13.4. The van der Waals surface area contributed by atoms with Crippen LogP contribution in [0.2, 0.25) is 0 Å². The molecule has 12 atom stereocenters. The first kappa shape index (κ1) is 89.6. The van der Waals surface area contributed by atoms with Gasteiger partial charge in [0.25, 0.3) is 0 Å². The summed E-state index contributed by atoms with van der Waals surface area (Å²) in [6, 6.07) is -0.930. The third kappa shape index (κ3) is 48.9. The van der Waals surface area contributed by atoms with Crippen molar-refractivity contribution in [3.63, 3.8) is 0 Å². The zero-order valence-electron chi connectivity index (χ0n) is 61.7. The topological polar surface area (TPSA) is 228 Å². The highest BCUT2D eigenvalue weighted by molar-refractivity contribution is 5.76. The first-order chi connectivity index (χ1) is 46.6. The summed E-state index contributed by atoms with van der Waals surface area (Å²) in [5.41, 5.74) is 0. The average molecular weight is 1350 g/mol. The summed E-state index contributed by atoms with van der Waals surface area (Å²) >= 11 is 0. The van der Waals surface area contributed by atoms with E-state index in [1.54, 1.807) is 6.08 Å². The highest BCUT2D eigenvalue weighted by Gasteiger charge is 2.51. The second kappa shape index (κ2) is 65.8. The fourth-order valence-electron chi connectivity index (χ4n) is 13.9. The summed E-state index contributed by atoms with van der Waals surface area (Å²) in [6.45, 7) is 2.85. The Bertz CT molecular complexity index is 1690. The lowest BCUT2D eigenvalue weighted by molar-refractivity contribution is -0.359. The Morgan fingerprint density at radius 2 is 0.674 bits per heavy atom. The van der Waals surface area contributed by atoms with E-state index < -0.39 is 86.8 Å². The zero-order valence-corrected chi connectivity index (χ0v) is 61.7. The van der Waals surface area contributed by atoms with Crippen molar-refractivity contribution in [2.75, 3.05) is 19.8 Å². The van der Waals surface area contributed by atoms with Gasteiger partial charge in [0.1, 0.15) is 48.8 Å². The molecular formula is C81H155NO13. The normalized spacial score (nSPS) is 22.4. The van der Waals surface area contributed by atoms with Gasteiger partial charge < -0.3 is 65.1 Å². The number of allylic oxidation sites excluding steroid dienone is 3. The summed E-state index contributed by atoms with van der Waals surface area (Å²) < 4.78 is 22.9. The van der Waals surface area contributed by atoms with Crippen LogP contribution in [0.15, 0.2) is 24.3 Å². The molecule has 0 radical (unpaired) electrons. The van der Waals surface area contributed by atoms with E-state index in [1.807, 2.05) is 6.08 Å². The molecule has 14 nitrogen and oxygen atoms in total. The van der Waals surface area contributed by atoms with Gasteiger partial charge in [-0.15, -0.1) is 0 Å². The number of hydrogen-bond acceptors (Lipinski definition) is 13. The van der Waals surface area contributed by atoms with Crippen LogP contribution in [0.3, 0.4) is 0 Å². The molecule has 95 heavy (non-hydrogen) atoms. The van der Waals surface area contributed by atoms with E-state index in [1.165, 1.54) is 327 Å². The number of hydrogen-bond donors (Lipinski definition) is 9. The van der Waals surface area contributed by atoms with E-state index in [0.29, 0.717) is 12.8 Å². The smallest absolute Gasteiger partial charge is 0.220 e. The van der Waals surface area contributed by atoms with Crippen LogP contribution in [-0.4, -0.2) is 140 Å². The SMILES string of the molecule is CCCCCCCCCCCCCCCC/C=C/CC/C=C/C(O)C(COC1OC(CO)C(OC2OC(CO)C(O)C(O)C2O)C(O)C1O)NC(=O)CCCCCCCCCCCCCCCCCCCCCCCCCCCCCCCCCCCCCCCCCCC. The molecule has 0 aromatic rings. The van der Waals surface area contributed by atoms with Gasteiger partial charge in [0.05, 0.1) is 32.0 Å². The fourth-order valence-corrected chi connectivity index (χ4v) is 13.9. The third-order valence-electron chi connectivity index (χ3n) is 20.4. The standard InChI is InChI=1S/C81H155NO13/c1-3-5-7-9-11-13-15-17-19-21-23-25-26-27-28-29-30-31-32-33-34-35-36-37-38-39-40-41-42-43-44-45-47-49-51-53-55-57-59-61-63-65-73(86)82-69(70(85)64-62-60-58-56-54-52-50-48-46-24-22-20-18-16-14-12-10-8-6-4-2)68-92-80-78(91)76(89)79(72(67-84)94-80)95-81-77(90)75(88)74(87)71(66-83)93-81/h54,56,62,64,69-72,74-81,83-85,87-91H,3-53,55,57-61,63,65-68H2,1-2H3,(H,82,86)/b56-54+,64-62+. The van der Waals surface area contributed by atoms with Crippen LogP contribution in [0.25, 0.3) is 0 Å². The van der Waals surface area contributed by atoms with Gasteiger partial charge in [0.15, 0.2) is 12.6 Å². The highest BCUT2D eigenvalue weighted by atomic mass is 16.7. The predicted molar refractivity (Wildman–Crippen MR) is 392 cm³/mol. The van der Waals surface area contributed by atoms with Gasteiger partial charge in [-0.1, -0.05) is 378 Å². The summed E-state index contributed by atoms with van der Waals surface area (Å²) in [7, 11) is 0. The molecule has 2 fully saturated rings. The van der Waals surface area contributed by atoms with Crippen LogP contribution in [0.4, 0.5) is 0 Å². The fraction of sp³-hybridized carbons (Fsp3) is 0.938. The van der Waals surface area contributed by atoms with Crippen LogP contribution in [-0.2, 0) is 23.7 Å². The predicted octanol–water partition coefficient (Wildman–Crippen LogP) is 18.6. The molecule has 0 aliphatic carbocycles. The molecule has 0 spiro atoms. The molecule has 0 saturated carbocycles. The molecule has 0 bridgehead atoms. The number of nitrogens with one attached hydrogen (secondary N) is 1. The second-order valence-electron chi connectivity index (χ2n) is 29.3. The Hall–Kier alpha value is -1.53. The Kier molecular flexibility index (Phi) is 62.0. The Balaban J connectivity index is 1.55. The maximum Gasteiger partial charge on any atom is 0.220 e. The number of carbonyl (C=O) groups excluding carboxylic acids is 1. The third-order valence-corrected chi connectivity index (χ3v) is 20.4. The Morgan fingerprint density at radius 1 is 0.368 bits per heavy atom. The lowest BCUT2D eigenvalue weighted by atomic mass is 9.97. The first-order valence-electron chi connectivity index (χ1n) is 41.1. The summed E-state index contributed by atoms with van der Waals surface area (Å²) in [5, 5.41) is 87.5. The lowest BCUT2D eigenvalue weighted by Gasteiger charge is -2.46. The van der Waals surface area contributed by atoms with Crippen molar-refractivity contribution in [2.45, 2.75) is 466 Å². The van der Waals surface area contributed by atoms with E-state index in [9.17, 15) is 45.6 Å². The number of amides is 1. The van der Waals surface area contributed by atoms with Gasteiger partial charge in [-0.3, -0.25) is 4.79 Å². The Morgan fingerprint density at radius 3 is 1.03 bits per heavy atom. The van der Waals surface area contributed by atoms with Crippen LogP contribution in [0, 0.1) is 0 Å². The molecule has 562 valence electrons. The van der Waals surface area contributed by atoms with Crippen molar-refractivity contribution in [3.05, 3.63) is 24.3 Å². The van der Waals surface area contributed by atoms with Gasteiger partial charge >= 0.3 is 0 Å². The van der Waals surface area contributed by atoms with Crippen molar-refractivity contribution >= 4 is 5.91 Å². The second-order valence-corrected chi connectivity index (χ2v) is 29.3. The molecule has 2 rings (SSSR count). The number of unbranched alkanes of at least 4 members (excludes halogenated alkanes) is 55. The van der Waals surface area contributed by atoms with Crippen molar-refractivity contribution in [3.8, 4) is 0 Å². The van der Waals surface area contributed by atoms with Crippen LogP contribution in [0.5, 0.6) is 0 Å². The molecule has 14 heteroatoms. The minimum absolute atomic E-state index is 0.240. The van der Waals surface area contributed by atoms with Crippen molar-refractivity contribution in [1.29, 1.82) is 0 Å². The molecule has 2 aliphatic heterocycles. The van der Waals surface area contributed by atoms with Gasteiger partial charge in [0.2, 0.25) is 5.91 Å². The molecule has 1 amide bonds. The largest absolute Gasteiger partial charge is 0.394 e. The van der Waals surface area contributed by atoms with Crippen LogP contribution < -0.4 is 5.32 Å². The van der Waals surface area contributed by atoms with Gasteiger partial charge in [-0.25, -0.2) is 0 Å². The molecule has 0 aromatic heterocycles. The van der Waals surface area contributed by atoms with Gasteiger partial charge in [-0.2, -0.15) is 0 Å². The quantitative estimate of drug-likeness (QED) is 0.0204.